The van der Waals surface area contributed by atoms with Crippen LogP contribution in [0.2, 0.25) is 0 Å². The van der Waals surface area contributed by atoms with Crippen LogP contribution in [0.25, 0.3) is 0 Å². The Bertz CT molecular complexity index is 751. The van der Waals surface area contributed by atoms with Crippen molar-refractivity contribution in [1.82, 2.24) is 15.2 Å². The van der Waals surface area contributed by atoms with Crippen LogP contribution in [0.5, 0.6) is 0 Å². The molecule has 0 atom stereocenters. The number of nitrogens with one attached hydrogen (secondary N) is 1. The molecule has 2 fully saturated rings. The molecule has 2 saturated heterocycles. The van der Waals surface area contributed by atoms with Crippen LogP contribution >= 0.6 is 0 Å². The molecule has 132 valence electrons. The number of benzene rings is 1. The second-order valence-corrected chi connectivity index (χ2v) is 6.68. The third-order valence-electron chi connectivity index (χ3n) is 4.83. The number of anilines is 3. The Labute approximate surface area is 147 Å². The van der Waals surface area contributed by atoms with Crippen LogP contribution in [0.1, 0.15) is 24.0 Å². The molecule has 0 radical (unpaired) electrons. The zero-order chi connectivity index (χ0) is 17.3. The molecule has 2 aliphatic heterocycles. The summed E-state index contributed by atoms with van der Waals surface area (Å²) in [5.41, 5.74) is 3.41. The number of piperidine rings is 1. The second-order valence-electron chi connectivity index (χ2n) is 6.68. The Hall–Kier alpha value is -2.25. The van der Waals surface area contributed by atoms with E-state index in [1.165, 1.54) is 11.1 Å². The average Bonchev–Trinajstić information content (AvgIpc) is 3.07. The Morgan fingerprint density at radius 2 is 1.88 bits per heavy atom. The third-order valence-corrected chi connectivity index (χ3v) is 4.83. The quantitative estimate of drug-likeness (QED) is 0.920. The minimum absolute atomic E-state index is 0.390. The fourth-order valence-electron chi connectivity index (χ4n) is 3.33. The molecule has 3 heterocycles. The van der Waals surface area contributed by atoms with Crippen molar-refractivity contribution in [2.45, 2.75) is 32.5 Å². The van der Waals surface area contributed by atoms with E-state index in [9.17, 15) is 0 Å². The summed E-state index contributed by atoms with van der Waals surface area (Å²) in [4.78, 5) is 6.77. The molecule has 7 heteroatoms. The molecule has 0 saturated carbocycles. The van der Waals surface area contributed by atoms with Crippen molar-refractivity contribution in [2.24, 2.45) is 0 Å². The number of hydrogen-bond donors (Lipinski definition) is 1. The number of rotatable bonds is 3. The van der Waals surface area contributed by atoms with Crippen molar-refractivity contribution >= 4 is 17.5 Å². The molecule has 0 amide bonds. The van der Waals surface area contributed by atoms with Crippen LogP contribution < -0.4 is 10.2 Å². The Kier molecular flexibility index (Phi) is 4.27. The molecule has 0 bridgehead atoms. The predicted molar refractivity (Wildman–Crippen MR) is 95.1 cm³/mol. The lowest BCUT2D eigenvalue weighted by atomic mass is 10.0. The molecule has 2 aromatic rings. The van der Waals surface area contributed by atoms with Crippen molar-refractivity contribution in [3.63, 3.8) is 0 Å². The lowest BCUT2D eigenvalue weighted by Gasteiger charge is -2.37. The van der Waals surface area contributed by atoms with Gasteiger partial charge in [0.2, 0.25) is 5.95 Å². The molecule has 7 nitrogen and oxygen atoms in total. The van der Waals surface area contributed by atoms with Crippen molar-refractivity contribution < 1.29 is 9.47 Å². The fourth-order valence-corrected chi connectivity index (χ4v) is 3.33. The molecule has 1 spiro atoms. The van der Waals surface area contributed by atoms with Gasteiger partial charge in [-0.25, -0.2) is 0 Å². The normalized spacial score (nSPS) is 19.4. The Morgan fingerprint density at radius 3 is 2.64 bits per heavy atom. The van der Waals surface area contributed by atoms with E-state index in [1.807, 2.05) is 0 Å². The summed E-state index contributed by atoms with van der Waals surface area (Å²) in [7, 11) is 0. The summed E-state index contributed by atoms with van der Waals surface area (Å²) in [6.07, 6.45) is 3.30. The highest BCUT2D eigenvalue weighted by Crippen LogP contribution is 2.32. The average molecular weight is 341 g/mol. The summed E-state index contributed by atoms with van der Waals surface area (Å²) in [6.45, 7) is 7.12. The number of aromatic nitrogens is 3. The zero-order valence-corrected chi connectivity index (χ0v) is 14.7. The van der Waals surface area contributed by atoms with E-state index in [2.05, 4.69) is 57.4 Å². The smallest absolute Gasteiger partial charge is 0.247 e. The first-order valence-corrected chi connectivity index (χ1v) is 8.70. The first kappa shape index (κ1) is 16.2. The molecule has 1 N–H and O–H groups in total. The molecular weight excluding hydrogens is 318 g/mol. The minimum Gasteiger partial charge on any atom is -0.347 e. The van der Waals surface area contributed by atoms with Crippen LogP contribution in [-0.4, -0.2) is 47.3 Å². The van der Waals surface area contributed by atoms with Gasteiger partial charge in [-0.15, -0.1) is 5.10 Å². The van der Waals surface area contributed by atoms with Crippen molar-refractivity contribution in [1.29, 1.82) is 0 Å². The van der Waals surface area contributed by atoms with Crippen LogP contribution in [-0.2, 0) is 9.47 Å². The first-order valence-electron chi connectivity index (χ1n) is 8.70. The van der Waals surface area contributed by atoms with E-state index in [0.717, 1.165) is 31.6 Å². The topological polar surface area (TPSA) is 72.4 Å². The molecular formula is C18H23N5O2. The molecule has 0 unspecified atom stereocenters. The van der Waals surface area contributed by atoms with Gasteiger partial charge in [-0.05, 0) is 31.0 Å². The monoisotopic (exact) mass is 341 g/mol. The van der Waals surface area contributed by atoms with Gasteiger partial charge in [0.15, 0.2) is 11.6 Å². The summed E-state index contributed by atoms with van der Waals surface area (Å²) in [5.74, 6) is 0.953. The van der Waals surface area contributed by atoms with Gasteiger partial charge in [0.1, 0.15) is 0 Å². The number of nitrogens with zero attached hydrogens (tertiary/aromatic N) is 4. The summed E-state index contributed by atoms with van der Waals surface area (Å²) < 4.78 is 11.6. The maximum Gasteiger partial charge on any atom is 0.247 e. The van der Waals surface area contributed by atoms with Gasteiger partial charge >= 0.3 is 0 Å². The van der Waals surface area contributed by atoms with E-state index in [1.54, 1.807) is 6.20 Å². The van der Waals surface area contributed by atoms with Crippen molar-refractivity contribution in [3.05, 3.63) is 35.5 Å². The number of hydrogen-bond acceptors (Lipinski definition) is 7. The third kappa shape index (κ3) is 3.43. The summed E-state index contributed by atoms with van der Waals surface area (Å²) in [5, 5.41) is 11.7. The maximum atomic E-state index is 5.78. The number of aryl methyl sites for hydroxylation is 2. The first-order chi connectivity index (χ1) is 12.1. The van der Waals surface area contributed by atoms with E-state index in [-0.39, 0.29) is 0 Å². The van der Waals surface area contributed by atoms with Gasteiger partial charge < -0.3 is 19.7 Å². The SMILES string of the molecule is Cc1ccc(C)c(Nc2cnnc(N3CCC4(CC3)OCCO4)n2)c1. The van der Waals surface area contributed by atoms with E-state index >= 15 is 0 Å². The Morgan fingerprint density at radius 1 is 1.12 bits per heavy atom. The highest BCUT2D eigenvalue weighted by molar-refractivity contribution is 5.61. The molecule has 1 aromatic heterocycles. The van der Waals surface area contributed by atoms with Gasteiger partial charge in [-0.2, -0.15) is 10.1 Å². The van der Waals surface area contributed by atoms with Crippen LogP contribution in [0.3, 0.4) is 0 Å². The van der Waals surface area contributed by atoms with Crippen molar-refractivity contribution in [3.8, 4) is 0 Å². The van der Waals surface area contributed by atoms with Gasteiger partial charge in [0, 0.05) is 31.6 Å². The molecule has 4 rings (SSSR count). The lowest BCUT2D eigenvalue weighted by molar-refractivity contribution is -0.169. The van der Waals surface area contributed by atoms with Gasteiger partial charge in [0.05, 0.1) is 19.4 Å². The van der Waals surface area contributed by atoms with Gasteiger partial charge in [-0.3, -0.25) is 0 Å². The second kappa shape index (κ2) is 6.57. The van der Waals surface area contributed by atoms with E-state index in [0.29, 0.717) is 25.0 Å². The van der Waals surface area contributed by atoms with Crippen LogP contribution in [0.4, 0.5) is 17.5 Å². The number of ether oxygens (including phenoxy) is 2. The van der Waals surface area contributed by atoms with Crippen LogP contribution in [0.15, 0.2) is 24.4 Å². The maximum absolute atomic E-state index is 5.78. The molecule has 2 aliphatic rings. The fraction of sp³-hybridized carbons (Fsp3) is 0.500. The highest BCUT2D eigenvalue weighted by atomic mass is 16.7. The van der Waals surface area contributed by atoms with Gasteiger partial charge in [0.25, 0.3) is 0 Å². The summed E-state index contributed by atoms with van der Waals surface area (Å²) >= 11 is 0. The Balaban J connectivity index is 1.47. The minimum atomic E-state index is -0.390. The summed E-state index contributed by atoms with van der Waals surface area (Å²) in [6, 6.07) is 6.30. The lowest BCUT2D eigenvalue weighted by Crippen LogP contribution is -2.45. The van der Waals surface area contributed by atoms with Crippen molar-refractivity contribution in [2.75, 3.05) is 36.5 Å². The molecule has 25 heavy (non-hydrogen) atoms. The largest absolute Gasteiger partial charge is 0.347 e. The standard InChI is InChI=1S/C18H23N5O2/c1-13-3-4-14(2)15(11-13)20-16-12-19-22-17(21-16)23-7-5-18(6-8-23)24-9-10-25-18/h3-4,11-12H,5-10H2,1-2H3,(H,20,21,22). The van der Waals surface area contributed by atoms with E-state index in [4.69, 9.17) is 9.47 Å². The van der Waals surface area contributed by atoms with Crippen LogP contribution in [0, 0.1) is 13.8 Å². The van der Waals surface area contributed by atoms with E-state index < -0.39 is 5.79 Å². The highest BCUT2D eigenvalue weighted by Gasteiger charge is 2.40. The van der Waals surface area contributed by atoms with Gasteiger partial charge in [-0.1, -0.05) is 12.1 Å². The molecule has 1 aromatic carbocycles. The molecule has 0 aliphatic carbocycles. The zero-order valence-electron chi connectivity index (χ0n) is 14.7. The predicted octanol–water partition coefficient (Wildman–Crippen LogP) is 2.58.